The molecule has 1 N–H and O–H groups in total. The number of thiophene rings is 1. The standard InChI is InChI=1S/C26H23N3OS/c1-18-9-6-10-19(2)23(18)27-26-24(22-14-8-16-31-22)28-25-21(13-7-15-29(25)26)30-17-20-11-4-3-5-12-20/h3-16,27H,17H2,1-2H3. The van der Waals surface area contributed by atoms with Gasteiger partial charge in [-0.3, -0.25) is 4.40 Å². The molecule has 3 heterocycles. The van der Waals surface area contributed by atoms with Crippen LogP contribution < -0.4 is 10.1 Å². The van der Waals surface area contributed by atoms with Crippen LogP contribution >= 0.6 is 11.3 Å². The Balaban J connectivity index is 1.61. The number of aromatic nitrogens is 2. The number of benzene rings is 2. The minimum Gasteiger partial charge on any atom is -0.485 e. The summed E-state index contributed by atoms with van der Waals surface area (Å²) >= 11 is 1.68. The van der Waals surface area contributed by atoms with Crippen LogP contribution in [0.15, 0.2) is 84.4 Å². The zero-order chi connectivity index (χ0) is 21.2. The van der Waals surface area contributed by atoms with Crippen LogP contribution in [0.2, 0.25) is 0 Å². The highest BCUT2D eigenvalue weighted by atomic mass is 32.1. The smallest absolute Gasteiger partial charge is 0.182 e. The van der Waals surface area contributed by atoms with Gasteiger partial charge in [0.1, 0.15) is 18.1 Å². The van der Waals surface area contributed by atoms with Crippen LogP contribution in [0.3, 0.4) is 0 Å². The highest BCUT2D eigenvalue weighted by Crippen LogP contribution is 2.37. The summed E-state index contributed by atoms with van der Waals surface area (Å²) in [6.07, 6.45) is 2.03. The number of hydrogen-bond acceptors (Lipinski definition) is 4. The second-order valence-electron chi connectivity index (χ2n) is 7.52. The first kappa shape index (κ1) is 19.4. The monoisotopic (exact) mass is 425 g/mol. The van der Waals surface area contributed by atoms with E-state index in [4.69, 9.17) is 9.72 Å². The molecule has 3 aromatic heterocycles. The van der Waals surface area contributed by atoms with E-state index >= 15 is 0 Å². The lowest BCUT2D eigenvalue weighted by atomic mass is 10.1. The summed E-state index contributed by atoms with van der Waals surface area (Å²) in [5, 5.41) is 5.75. The number of fused-ring (bicyclic) bond motifs is 1. The molecule has 4 nitrogen and oxygen atoms in total. The van der Waals surface area contributed by atoms with Crippen molar-refractivity contribution >= 4 is 28.5 Å². The van der Waals surface area contributed by atoms with Crippen molar-refractivity contribution in [3.63, 3.8) is 0 Å². The Labute approximate surface area is 185 Å². The highest BCUT2D eigenvalue weighted by molar-refractivity contribution is 7.13. The van der Waals surface area contributed by atoms with E-state index in [1.165, 1.54) is 11.1 Å². The van der Waals surface area contributed by atoms with E-state index < -0.39 is 0 Å². The Morgan fingerprint density at radius 3 is 2.45 bits per heavy atom. The van der Waals surface area contributed by atoms with Crippen LogP contribution in [-0.4, -0.2) is 9.38 Å². The average Bonchev–Trinajstić information content (AvgIpc) is 3.44. The molecule has 0 aliphatic rings. The summed E-state index contributed by atoms with van der Waals surface area (Å²) in [4.78, 5) is 6.13. The second-order valence-corrected chi connectivity index (χ2v) is 8.47. The third-order valence-electron chi connectivity index (χ3n) is 5.33. The molecule has 0 fully saturated rings. The summed E-state index contributed by atoms with van der Waals surface area (Å²) < 4.78 is 8.27. The molecule has 31 heavy (non-hydrogen) atoms. The predicted molar refractivity (Wildman–Crippen MR) is 128 cm³/mol. The van der Waals surface area contributed by atoms with E-state index in [-0.39, 0.29) is 0 Å². The van der Waals surface area contributed by atoms with Gasteiger partial charge >= 0.3 is 0 Å². The van der Waals surface area contributed by atoms with Gasteiger partial charge in [-0.15, -0.1) is 11.3 Å². The molecule has 0 radical (unpaired) electrons. The van der Waals surface area contributed by atoms with Crippen LogP contribution in [0, 0.1) is 13.8 Å². The number of nitrogens with zero attached hydrogens (tertiary/aromatic N) is 2. The first-order valence-corrected chi connectivity index (χ1v) is 11.1. The quantitative estimate of drug-likeness (QED) is 0.318. The number of aryl methyl sites for hydroxylation is 2. The zero-order valence-electron chi connectivity index (χ0n) is 17.5. The van der Waals surface area contributed by atoms with Gasteiger partial charge in [0.05, 0.1) is 4.88 Å². The van der Waals surface area contributed by atoms with Gasteiger partial charge in [0, 0.05) is 11.9 Å². The Kier molecular flexibility index (Phi) is 5.18. The van der Waals surface area contributed by atoms with Crippen molar-refractivity contribution < 1.29 is 4.74 Å². The number of anilines is 2. The Morgan fingerprint density at radius 1 is 0.903 bits per heavy atom. The topological polar surface area (TPSA) is 38.6 Å². The van der Waals surface area contributed by atoms with E-state index in [1.807, 2.05) is 36.5 Å². The van der Waals surface area contributed by atoms with Crippen molar-refractivity contribution in [2.75, 3.05) is 5.32 Å². The molecule has 0 amide bonds. The number of nitrogens with one attached hydrogen (secondary N) is 1. The first-order valence-electron chi connectivity index (χ1n) is 10.3. The molecule has 5 heteroatoms. The fourth-order valence-corrected chi connectivity index (χ4v) is 4.44. The molecule has 2 aromatic carbocycles. The minimum atomic E-state index is 0.501. The molecule has 0 spiro atoms. The average molecular weight is 426 g/mol. The van der Waals surface area contributed by atoms with Gasteiger partial charge in [-0.05, 0) is 54.1 Å². The van der Waals surface area contributed by atoms with E-state index in [9.17, 15) is 0 Å². The molecule has 0 aliphatic heterocycles. The van der Waals surface area contributed by atoms with Gasteiger partial charge in [-0.25, -0.2) is 4.98 Å². The lowest BCUT2D eigenvalue weighted by molar-refractivity contribution is 0.308. The normalized spacial score (nSPS) is 11.0. The molecule has 0 atom stereocenters. The molecule has 5 aromatic rings. The Morgan fingerprint density at radius 2 is 1.71 bits per heavy atom. The number of para-hydroxylation sites is 1. The van der Waals surface area contributed by atoms with Crippen molar-refractivity contribution in [2.45, 2.75) is 20.5 Å². The predicted octanol–water partition coefficient (Wildman–Crippen LogP) is 7.00. The van der Waals surface area contributed by atoms with Crippen LogP contribution in [0.4, 0.5) is 11.5 Å². The van der Waals surface area contributed by atoms with Crippen LogP contribution in [0.25, 0.3) is 16.2 Å². The molecule has 0 saturated carbocycles. The number of rotatable bonds is 6. The summed E-state index contributed by atoms with van der Waals surface area (Å²) in [5.41, 5.74) is 6.36. The number of pyridine rings is 1. The molecule has 0 bridgehead atoms. The van der Waals surface area contributed by atoms with E-state index in [0.717, 1.165) is 39.0 Å². The molecule has 0 aliphatic carbocycles. The zero-order valence-corrected chi connectivity index (χ0v) is 18.3. The number of imidazole rings is 1. The largest absolute Gasteiger partial charge is 0.485 e. The Hall–Kier alpha value is -3.57. The minimum absolute atomic E-state index is 0.501. The van der Waals surface area contributed by atoms with Crippen molar-refractivity contribution in [1.29, 1.82) is 0 Å². The van der Waals surface area contributed by atoms with Gasteiger partial charge in [0.25, 0.3) is 0 Å². The van der Waals surface area contributed by atoms with Crippen molar-refractivity contribution in [3.8, 4) is 16.3 Å². The van der Waals surface area contributed by atoms with Gasteiger partial charge in [0.2, 0.25) is 0 Å². The summed E-state index contributed by atoms with van der Waals surface area (Å²) in [7, 11) is 0. The van der Waals surface area contributed by atoms with E-state index in [2.05, 4.69) is 71.4 Å². The molecule has 5 rings (SSSR count). The lowest BCUT2D eigenvalue weighted by Crippen LogP contribution is -2.01. The van der Waals surface area contributed by atoms with Gasteiger partial charge in [-0.1, -0.05) is 54.6 Å². The second kappa shape index (κ2) is 8.28. The van der Waals surface area contributed by atoms with Gasteiger partial charge < -0.3 is 10.1 Å². The van der Waals surface area contributed by atoms with Crippen molar-refractivity contribution in [2.24, 2.45) is 0 Å². The molecule has 0 saturated heterocycles. The molecular formula is C26H23N3OS. The van der Waals surface area contributed by atoms with Gasteiger partial charge in [-0.2, -0.15) is 0 Å². The third kappa shape index (κ3) is 3.80. The summed E-state index contributed by atoms with van der Waals surface area (Å²) in [6.45, 7) is 4.75. The third-order valence-corrected chi connectivity index (χ3v) is 6.21. The first-order chi connectivity index (χ1) is 15.2. The van der Waals surface area contributed by atoms with E-state index in [0.29, 0.717) is 6.61 Å². The fraction of sp³-hybridized carbons (Fsp3) is 0.115. The van der Waals surface area contributed by atoms with Crippen molar-refractivity contribution in [1.82, 2.24) is 9.38 Å². The Bertz CT molecular complexity index is 1300. The molecule has 0 unspecified atom stereocenters. The number of hydrogen-bond donors (Lipinski definition) is 1. The van der Waals surface area contributed by atoms with Crippen molar-refractivity contribution in [3.05, 3.63) is 101 Å². The maximum Gasteiger partial charge on any atom is 0.182 e. The fourth-order valence-electron chi connectivity index (χ4n) is 3.73. The SMILES string of the molecule is Cc1cccc(C)c1Nc1c(-c2cccs2)nc2c(OCc3ccccc3)cccn12. The van der Waals surface area contributed by atoms with Crippen LogP contribution in [0.5, 0.6) is 5.75 Å². The summed E-state index contributed by atoms with van der Waals surface area (Å²) in [6, 6.07) is 24.7. The van der Waals surface area contributed by atoms with E-state index in [1.54, 1.807) is 11.3 Å². The highest BCUT2D eigenvalue weighted by Gasteiger charge is 2.19. The maximum atomic E-state index is 6.18. The van der Waals surface area contributed by atoms with Gasteiger partial charge in [0.15, 0.2) is 11.4 Å². The summed E-state index contributed by atoms with van der Waals surface area (Å²) in [5.74, 6) is 1.71. The molecular weight excluding hydrogens is 402 g/mol. The molecule has 154 valence electrons. The van der Waals surface area contributed by atoms with Crippen LogP contribution in [-0.2, 0) is 6.61 Å². The van der Waals surface area contributed by atoms with Crippen LogP contribution in [0.1, 0.15) is 16.7 Å². The lowest BCUT2D eigenvalue weighted by Gasteiger charge is -2.14. The maximum absolute atomic E-state index is 6.18. The number of ether oxygens (including phenoxy) is 1.